The summed E-state index contributed by atoms with van der Waals surface area (Å²) in [7, 11) is 0. The standard InChI is InChI=1S/C19H24N4O4/c1-11(2)9-13-16(25)22(18(27)21-13)10-15(24)23-14-8-6-5-7-12(14)20-17(26)19(23,3)4/h5-8,11,25H,9-10H2,1-4H3,(H,20,26)(H,21,27). The molecular weight excluding hydrogens is 348 g/mol. The normalized spacial score (nSPS) is 15.6. The number of H-pyrrole nitrogens is 1. The highest BCUT2D eigenvalue weighted by Crippen LogP contribution is 2.36. The molecule has 2 heterocycles. The Labute approximate surface area is 156 Å². The summed E-state index contributed by atoms with van der Waals surface area (Å²) in [6.07, 6.45) is 0.489. The molecule has 0 spiro atoms. The van der Waals surface area contributed by atoms with E-state index in [1.165, 1.54) is 4.90 Å². The summed E-state index contributed by atoms with van der Waals surface area (Å²) in [5.41, 5.74) is -0.205. The monoisotopic (exact) mass is 372 g/mol. The van der Waals surface area contributed by atoms with Crippen molar-refractivity contribution in [3.05, 3.63) is 40.4 Å². The van der Waals surface area contributed by atoms with Gasteiger partial charge in [-0.05, 0) is 38.3 Å². The molecule has 3 rings (SSSR count). The highest BCUT2D eigenvalue weighted by Gasteiger charge is 2.43. The van der Waals surface area contributed by atoms with Gasteiger partial charge in [0.1, 0.15) is 12.1 Å². The summed E-state index contributed by atoms with van der Waals surface area (Å²) in [6, 6.07) is 6.98. The molecule has 1 aliphatic rings. The molecule has 27 heavy (non-hydrogen) atoms. The first kappa shape index (κ1) is 18.8. The highest BCUT2D eigenvalue weighted by molar-refractivity contribution is 6.14. The molecule has 1 aliphatic heterocycles. The van der Waals surface area contributed by atoms with Crippen LogP contribution in [0, 0.1) is 5.92 Å². The molecule has 3 N–H and O–H groups in total. The van der Waals surface area contributed by atoms with Crippen molar-refractivity contribution < 1.29 is 14.7 Å². The van der Waals surface area contributed by atoms with Crippen LogP contribution in [0.4, 0.5) is 11.4 Å². The van der Waals surface area contributed by atoms with Crippen molar-refractivity contribution in [2.45, 2.75) is 46.2 Å². The lowest BCUT2D eigenvalue weighted by Crippen LogP contribution is -2.59. The van der Waals surface area contributed by atoms with E-state index >= 15 is 0 Å². The minimum absolute atomic E-state index is 0.231. The van der Waals surface area contributed by atoms with Crippen molar-refractivity contribution in [3.63, 3.8) is 0 Å². The van der Waals surface area contributed by atoms with Crippen LogP contribution < -0.4 is 15.9 Å². The van der Waals surface area contributed by atoms with E-state index in [0.29, 0.717) is 23.5 Å². The molecule has 0 aliphatic carbocycles. The second kappa shape index (κ2) is 6.61. The Balaban J connectivity index is 1.98. The summed E-state index contributed by atoms with van der Waals surface area (Å²) < 4.78 is 1.01. The van der Waals surface area contributed by atoms with Gasteiger partial charge in [0, 0.05) is 0 Å². The van der Waals surface area contributed by atoms with Gasteiger partial charge in [-0.15, -0.1) is 0 Å². The zero-order valence-electron chi connectivity index (χ0n) is 15.9. The van der Waals surface area contributed by atoms with Crippen molar-refractivity contribution >= 4 is 23.2 Å². The number of para-hydroxylation sites is 2. The lowest BCUT2D eigenvalue weighted by molar-refractivity contribution is -0.126. The number of hydrogen-bond acceptors (Lipinski definition) is 4. The van der Waals surface area contributed by atoms with E-state index in [1.54, 1.807) is 38.1 Å². The molecule has 2 aromatic rings. The van der Waals surface area contributed by atoms with E-state index in [9.17, 15) is 19.5 Å². The van der Waals surface area contributed by atoms with Gasteiger partial charge in [-0.3, -0.25) is 19.1 Å². The first-order chi connectivity index (χ1) is 12.6. The topological polar surface area (TPSA) is 107 Å². The molecular formula is C19H24N4O4. The maximum absolute atomic E-state index is 13.1. The molecule has 0 fully saturated rings. The molecule has 8 nitrogen and oxygen atoms in total. The van der Waals surface area contributed by atoms with Gasteiger partial charge in [0.15, 0.2) is 0 Å². The number of amides is 2. The second-order valence-corrected chi connectivity index (χ2v) is 7.68. The fourth-order valence-corrected chi connectivity index (χ4v) is 3.31. The predicted molar refractivity (Wildman–Crippen MR) is 102 cm³/mol. The second-order valence-electron chi connectivity index (χ2n) is 7.68. The fourth-order valence-electron chi connectivity index (χ4n) is 3.31. The van der Waals surface area contributed by atoms with E-state index in [1.807, 2.05) is 13.8 Å². The van der Waals surface area contributed by atoms with E-state index in [0.717, 1.165) is 4.57 Å². The Hall–Kier alpha value is -3.03. The van der Waals surface area contributed by atoms with Gasteiger partial charge in [0.05, 0.1) is 17.1 Å². The number of rotatable bonds is 4. The number of benzene rings is 1. The zero-order valence-corrected chi connectivity index (χ0v) is 15.9. The minimum atomic E-state index is -1.14. The average molecular weight is 372 g/mol. The van der Waals surface area contributed by atoms with Gasteiger partial charge in [-0.25, -0.2) is 4.79 Å². The average Bonchev–Trinajstić information content (AvgIpc) is 2.82. The van der Waals surface area contributed by atoms with E-state index in [2.05, 4.69) is 10.3 Å². The third-order valence-electron chi connectivity index (χ3n) is 4.69. The molecule has 1 aromatic heterocycles. The van der Waals surface area contributed by atoms with Crippen LogP contribution in [0.15, 0.2) is 29.1 Å². The summed E-state index contributed by atoms with van der Waals surface area (Å²) in [4.78, 5) is 41.8. The van der Waals surface area contributed by atoms with Gasteiger partial charge in [0.25, 0.3) is 0 Å². The number of hydrogen-bond donors (Lipinski definition) is 3. The molecule has 0 bridgehead atoms. The van der Waals surface area contributed by atoms with Gasteiger partial charge < -0.3 is 15.4 Å². The highest BCUT2D eigenvalue weighted by atomic mass is 16.3. The zero-order chi connectivity index (χ0) is 19.9. The molecule has 0 saturated heterocycles. The Kier molecular flexibility index (Phi) is 4.59. The first-order valence-electron chi connectivity index (χ1n) is 8.87. The number of nitrogens with one attached hydrogen (secondary N) is 2. The molecule has 8 heteroatoms. The Morgan fingerprint density at radius 2 is 1.89 bits per heavy atom. The van der Waals surface area contributed by atoms with Gasteiger partial charge in [-0.2, -0.15) is 0 Å². The SMILES string of the molecule is CC(C)Cc1[nH]c(=O)n(CC(=O)N2c3ccccc3NC(=O)C2(C)C)c1O. The van der Waals surface area contributed by atoms with Gasteiger partial charge >= 0.3 is 5.69 Å². The third-order valence-corrected chi connectivity index (χ3v) is 4.69. The van der Waals surface area contributed by atoms with Crippen molar-refractivity contribution in [1.82, 2.24) is 9.55 Å². The van der Waals surface area contributed by atoms with Crippen LogP contribution in [0.25, 0.3) is 0 Å². The lowest BCUT2D eigenvalue weighted by atomic mass is 9.96. The number of anilines is 2. The molecule has 0 saturated carbocycles. The Morgan fingerprint density at radius 3 is 2.56 bits per heavy atom. The summed E-state index contributed by atoms with van der Waals surface area (Å²) in [5, 5.41) is 13.2. The number of fused-ring (bicyclic) bond motifs is 1. The molecule has 0 radical (unpaired) electrons. The predicted octanol–water partition coefficient (Wildman–Crippen LogP) is 1.84. The van der Waals surface area contributed by atoms with E-state index in [4.69, 9.17) is 0 Å². The summed E-state index contributed by atoms with van der Waals surface area (Å²) >= 11 is 0. The lowest BCUT2D eigenvalue weighted by Gasteiger charge is -2.42. The minimum Gasteiger partial charge on any atom is -0.493 e. The van der Waals surface area contributed by atoms with Crippen LogP contribution in [0.5, 0.6) is 5.88 Å². The summed E-state index contributed by atoms with van der Waals surface area (Å²) in [6.45, 7) is 6.84. The van der Waals surface area contributed by atoms with E-state index < -0.39 is 17.1 Å². The maximum Gasteiger partial charge on any atom is 0.329 e. The smallest absolute Gasteiger partial charge is 0.329 e. The molecule has 0 unspecified atom stereocenters. The first-order valence-corrected chi connectivity index (χ1v) is 8.87. The van der Waals surface area contributed by atoms with Crippen LogP contribution >= 0.6 is 0 Å². The van der Waals surface area contributed by atoms with Crippen LogP contribution in [0.1, 0.15) is 33.4 Å². The van der Waals surface area contributed by atoms with Crippen LogP contribution in [0.2, 0.25) is 0 Å². The number of nitrogens with zero attached hydrogens (tertiary/aromatic N) is 2. The van der Waals surface area contributed by atoms with Crippen LogP contribution in [-0.2, 0) is 22.6 Å². The number of aromatic hydroxyl groups is 1. The summed E-state index contributed by atoms with van der Waals surface area (Å²) in [5.74, 6) is -0.792. The Morgan fingerprint density at radius 1 is 1.22 bits per heavy atom. The van der Waals surface area contributed by atoms with E-state index in [-0.39, 0.29) is 24.2 Å². The maximum atomic E-state index is 13.1. The van der Waals surface area contributed by atoms with Crippen molar-refractivity contribution in [2.75, 3.05) is 10.2 Å². The number of aromatic amines is 1. The van der Waals surface area contributed by atoms with Gasteiger partial charge in [-0.1, -0.05) is 26.0 Å². The van der Waals surface area contributed by atoms with Gasteiger partial charge in [0.2, 0.25) is 17.7 Å². The number of aromatic nitrogens is 2. The molecule has 1 aromatic carbocycles. The largest absolute Gasteiger partial charge is 0.493 e. The Bertz CT molecular complexity index is 955. The number of carbonyl (C=O) groups is 2. The van der Waals surface area contributed by atoms with Crippen molar-refractivity contribution in [2.24, 2.45) is 5.92 Å². The molecule has 2 amide bonds. The molecule has 144 valence electrons. The fraction of sp³-hybridized carbons (Fsp3) is 0.421. The van der Waals surface area contributed by atoms with Crippen LogP contribution in [-0.4, -0.2) is 32.0 Å². The number of carbonyl (C=O) groups excluding carboxylic acids is 2. The quantitative estimate of drug-likeness (QED) is 0.761. The van der Waals surface area contributed by atoms with Crippen molar-refractivity contribution in [3.8, 4) is 5.88 Å². The third kappa shape index (κ3) is 3.22. The number of imidazole rings is 1. The van der Waals surface area contributed by atoms with Crippen molar-refractivity contribution in [1.29, 1.82) is 0 Å². The molecule has 0 atom stereocenters. The van der Waals surface area contributed by atoms with Crippen LogP contribution in [0.3, 0.4) is 0 Å².